The average Bonchev–Trinajstić information content (AvgIpc) is 3.01. The molecule has 0 saturated carbocycles. The van der Waals surface area contributed by atoms with Crippen LogP contribution in [0.25, 0.3) is 11.0 Å². The number of fused-ring (bicyclic) bond motifs is 1. The molecule has 0 bridgehead atoms. The van der Waals surface area contributed by atoms with E-state index in [1.165, 1.54) is 6.07 Å². The molecule has 144 valence electrons. The van der Waals surface area contributed by atoms with Gasteiger partial charge in [-0.05, 0) is 52.2 Å². The third-order valence-corrected chi connectivity index (χ3v) is 4.28. The molecule has 3 rings (SSSR count). The maximum Gasteiger partial charge on any atom is 0.287 e. The minimum absolute atomic E-state index is 0. The van der Waals surface area contributed by atoms with Gasteiger partial charge in [0.1, 0.15) is 17.1 Å². The first kappa shape index (κ1) is 20.7. The minimum Gasteiger partial charge on any atom is -0.465 e. The van der Waals surface area contributed by atoms with Crippen molar-refractivity contribution in [3.05, 3.63) is 69.5 Å². The molecule has 2 aromatic heterocycles. The van der Waals surface area contributed by atoms with Crippen LogP contribution >= 0.6 is 12.4 Å². The monoisotopic (exact) mass is 390 g/mol. The first-order valence-corrected chi connectivity index (χ1v) is 8.40. The number of hydrogen-bond donors (Lipinski definition) is 1. The average molecular weight is 391 g/mol. The zero-order chi connectivity index (χ0) is 18.8. The molecule has 27 heavy (non-hydrogen) atoms. The predicted octanol–water partition coefficient (Wildman–Crippen LogP) is 3.46. The zero-order valence-corrected chi connectivity index (χ0v) is 16.6. The molecule has 2 heterocycles. The van der Waals surface area contributed by atoms with Crippen LogP contribution in [0.4, 0.5) is 0 Å². The predicted molar refractivity (Wildman–Crippen MR) is 107 cm³/mol. The van der Waals surface area contributed by atoms with Crippen molar-refractivity contribution < 1.29 is 13.6 Å². The quantitative estimate of drug-likeness (QED) is 0.722. The topological polar surface area (TPSA) is 75.7 Å². The summed E-state index contributed by atoms with van der Waals surface area (Å²) in [6.45, 7) is 4.10. The first-order chi connectivity index (χ1) is 12.3. The molecule has 0 fully saturated rings. The highest BCUT2D eigenvalue weighted by Gasteiger charge is 2.20. The Bertz CT molecular complexity index is 1010. The molecule has 7 heteroatoms. The fourth-order valence-corrected chi connectivity index (χ4v) is 2.83. The molecule has 1 aromatic carbocycles. The van der Waals surface area contributed by atoms with Crippen molar-refractivity contribution in [1.29, 1.82) is 0 Å². The largest absolute Gasteiger partial charge is 0.465 e. The Balaban J connectivity index is 0.00000261. The molecular weight excluding hydrogens is 368 g/mol. The summed E-state index contributed by atoms with van der Waals surface area (Å²) in [5, 5.41) is 3.29. The van der Waals surface area contributed by atoms with Gasteiger partial charge in [-0.3, -0.25) is 14.5 Å². The second-order valence-corrected chi connectivity index (χ2v) is 6.61. The van der Waals surface area contributed by atoms with Gasteiger partial charge < -0.3 is 14.2 Å². The van der Waals surface area contributed by atoms with Gasteiger partial charge in [0, 0.05) is 12.6 Å². The van der Waals surface area contributed by atoms with Crippen molar-refractivity contribution in [2.75, 3.05) is 20.6 Å². The van der Waals surface area contributed by atoms with Gasteiger partial charge in [-0.25, -0.2) is 0 Å². The van der Waals surface area contributed by atoms with Crippen molar-refractivity contribution in [1.82, 2.24) is 10.2 Å². The summed E-state index contributed by atoms with van der Waals surface area (Å²) in [5.41, 5.74) is 1.13. The summed E-state index contributed by atoms with van der Waals surface area (Å²) in [4.78, 5) is 26.7. The summed E-state index contributed by atoms with van der Waals surface area (Å²) >= 11 is 0. The Kier molecular flexibility index (Phi) is 6.46. The minimum atomic E-state index is -0.431. The molecular formula is C20H23ClN2O4. The van der Waals surface area contributed by atoms with Gasteiger partial charge in [-0.1, -0.05) is 11.6 Å². The summed E-state index contributed by atoms with van der Waals surface area (Å²) in [7, 11) is 3.82. The first-order valence-electron chi connectivity index (χ1n) is 8.40. The van der Waals surface area contributed by atoms with Gasteiger partial charge in [0.2, 0.25) is 0 Å². The number of rotatable bonds is 5. The third-order valence-electron chi connectivity index (χ3n) is 4.28. The number of carbonyl (C=O) groups is 1. The summed E-state index contributed by atoms with van der Waals surface area (Å²) < 4.78 is 11.3. The van der Waals surface area contributed by atoms with Crippen molar-refractivity contribution in [2.24, 2.45) is 0 Å². The molecule has 0 radical (unpaired) electrons. The lowest BCUT2D eigenvalue weighted by Crippen LogP contribution is -2.34. The van der Waals surface area contributed by atoms with E-state index in [1.807, 2.05) is 51.0 Å². The van der Waals surface area contributed by atoms with Crippen molar-refractivity contribution >= 4 is 29.3 Å². The Labute approximate surface area is 163 Å². The Hall–Kier alpha value is -2.57. The Morgan fingerprint density at radius 1 is 1.11 bits per heavy atom. The van der Waals surface area contributed by atoms with Gasteiger partial charge in [0.05, 0.1) is 11.4 Å². The lowest BCUT2D eigenvalue weighted by Gasteiger charge is -2.22. The van der Waals surface area contributed by atoms with E-state index in [0.717, 1.165) is 17.1 Å². The SMILES string of the molecule is Cc1ccc2oc(C(=O)NCC(c3ccc(C)o3)N(C)C)cc(=O)c2c1.Cl. The van der Waals surface area contributed by atoms with Gasteiger partial charge in [-0.15, -0.1) is 12.4 Å². The number of nitrogens with one attached hydrogen (secondary N) is 1. The second-order valence-electron chi connectivity index (χ2n) is 6.61. The maximum atomic E-state index is 12.5. The van der Waals surface area contributed by atoms with Crippen LogP contribution < -0.4 is 10.7 Å². The van der Waals surface area contributed by atoms with E-state index in [1.54, 1.807) is 12.1 Å². The number of nitrogens with zero attached hydrogens (tertiary/aromatic N) is 1. The summed E-state index contributed by atoms with van der Waals surface area (Å²) in [6, 6.07) is 10.2. The molecule has 0 saturated heterocycles. The van der Waals surface area contributed by atoms with Gasteiger partial charge >= 0.3 is 0 Å². The van der Waals surface area contributed by atoms with E-state index in [4.69, 9.17) is 8.83 Å². The smallest absolute Gasteiger partial charge is 0.287 e. The van der Waals surface area contributed by atoms with E-state index in [-0.39, 0.29) is 29.6 Å². The highest BCUT2D eigenvalue weighted by atomic mass is 35.5. The lowest BCUT2D eigenvalue weighted by atomic mass is 10.1. The maximum absolute atomic E-state index is 12.5. The highest BCUT2D eigenvalue weighted by molar-refractivity contribution is 5.93. The molecule has 3 aromatic rings. The molecule has 6 nitrogen and oxygen atoms in total. The number of amides is 1. The fourth-order valence-electron chi connectivity index (χ4n) is 2.83. The Morgan fingerprint density at radius 3 is 2.48 bits per heavy atom. The standard InChI is InChI=1S/C20H22N2O4.ClH/c1-12-5-7-17-14(9-12)16(23)10-19(26-17)20(24)21-11-15(22(3)4)18-8-6-13(2)25-18;/h5-10,15H,11H2,1-4H3,(H,21,24);1H. The number of furan rings is 1. The number of aryl methyl sites for hydroxylation is 2. The zero-order valence-electron chi connectivity index (χ0n) is 15.7. The van der Waals surface area contributed by atoms with E-state index in [2.05, 4.69) is 5.32 Å². The summed E-state index contributed by atoms with van der Waals surface area (Å²) in [5.74, 6) is 1.15. The van der Waals surface area contributed by atoms with Gasteiger partial charge in [0.25, 0.3) is 5.91 Å². The molecule has 0 aliphatic rings. The highest BCUT2D eigenvalue weighted by Crippen LogP contribution is 2.20. The number of hydrogen-bond acceptors (Lipinski definition) is 5. The molecule has 0 aliphatic heterocycles. The van der Waals surface area contributed by atoms with Crippen LogP contribution in [0.3, 0.4) is 0 Å². The van der Waals surface area contributed by atoms with Crippen LogP contribution in [-0.4, -0.2) is 31.4 Å². The van der Waals surface area contributed by atoms with Crippen LogP contribution in [0.5, 0.6) is 0 Å². The number of carbonyl (C=O) groups excluding carboxylic acids is 1. The fraction of sp³-hybridized carbons (Fsp3) is 0.300. The normalized spacial score (nSPS) is 12.0. The van der Waals surface area contributed by atoms with Crippen molar-refractivity contribution in [3.8, 4) is 0 Å². The van der Waals surface area contributed by atoms with Crippen LogP contribution in [0, 0.1) is 13.8 Å². The lowest BCUT2D eigenvalue weighted by molar-refractivity contribution is 0.0911. The third kappa shape index (κ3) is 4.59. The van der Waals surface area contributed by atoms with Crippen LogP contribution in [0.2, 0.25) is 0 Å². The molecule has 1 atom stereocenters. The Morgan fingerprint density at radius 2 is 1.85 bits per heavy atom. The van der Waals surface area contributed by atoms with Crippen molar-refractivity contribution in [2.45, 2.75) is 19.9 Å². The van der Waals surface area contributed by atoms with E-state index in [0.29, 0.717) is 17.5 Å². The number of likely N-dealkylation sites (N-methyl/N-ethyl adjacent to an activating group) is 1. The molecule has 1 unspecified atom stereocenters. The van der Waals surface area contributed by atoms with E-state index < -0.39 is 5.91 Å². The molecule has 1 amide bonds. The second kappa shape index (κ2) is 8.41. The van der Waals surface area contributed by atoms with Crippen LogP contribution in [-0.2, 0) is 0 Å². The van der Waals surface area contributed by atoms with Crippen molar-refractivity contribution in [3.63, 3.8) is 0 Å². The van der Waals surface area contributed by atoms with Gasteiger partial charge in [0.15, 0.2) is 11.2 Å². The molecule has 0 aliphatic carbocycles. The summed E-state index contributed by atoms with van der Waals surface area (Å²) in [6.07, 6.45) is 0. The molecule has 1 N–H and O–H groups in total. The molecule has 0 spiro atoms. The van der Waals surface area contributed by atoms with Crippen LogP contribution in [0.15, 0.2) is 50.0 Å². The van der Waals surface area contributed by atoms with Gasteiger partial charge in [-0.2, -0.15) is 0 Å². The number of benzene rings is 1. The van der Waals surface area contributed by atoms with E-state index in [9.17, 15) is 9.59 Å². The van der Waals surface area contributed by atoms with Crippen LogP contribution in [0.1, 0.15) is 33.7 Å². The van der Waals surface area contributed by atoms with E-state index >= 15 is 0 Å². The number of halogens is 1.